The number of carbonyl (C=O) groups excluding carboxylic acids is 1. The van der Waals surface area contributed by atoms with Crippen LogP contribution in [-0.4, -0.2) is 30.7 Å². The van der Waals surface area contributed by atoms with Gasteiger partial charge in [-0.05, 0) is 37.5 Å². The van der Waals surface area contributed by atoms with Gasteiger partial charge in [0.25, 0.3) is 0 Å². The molecule has 7 atom stereocenters. The first kappa shape index (κ1) is 15.6. The number of hydrogen-bond acceptors (Lipinski definition) is 3. The number of fused-ring (bicyclic) bond motifs is 3. The van der Waals surface area contributed by atoms with Gasteiger partial charge in [0.05, 0.1) is 12.0 Å². The molecule has 1 aliphatic heterocycles. The second-order valence-electron chi connectivity index (χ2n) is 7.99. The first-order valence-corrected chi connectivity index (χ1v) is 8.17. The van der Waals surface area contributed by atoms with Crippen LogP contribution >= 0.6 is 12.4 Å². The van der Waals surface area contributed by atoms with Crippen LogP contribution in [0.3, 0.4) is 0 Å². The first-order valence-electron chi connectivity index (χ1n) is 8.17. The SMILES string of the molecule is CC1(C)C(NC(=O)C2C3CCC(C3)C2N)C2CCOC21.Cl. The van der Waals surface area contributed by atoms with Gasteiger partial charge in [-0.25, -0.2) is 0 Å². The lowest BCUT2D eigenvalue weighted by atomic mass is 9.57. The molecular formula is C16H27ClN2O2. The zero-order chi connectivity index (χ0) is 14.1. The summed E-state index contributed by atoms with van der Waals surface area (Å²) in [6.07, 6.45) is 5.01. The molecule has 0 aromatic heterocycles. The van der Waals surface area contributed by atoms with Crippen LogP contribution in [0.15, 0.2) is 0 Å². The van der Waals surface area contributed by atoms with E-state index in [0.29, 0.717) is 23.9 Å². The van der Waals surface area contributed by atoms with Crippen molar-refractivity contribution in [2.24, 2.45) is 34.8 Å². The molecule has 3 saturated carbocycles. The van der Waals surface area contributed by atoms with Crippen LogP contribution in [0.2, 0.25) is 0 Å². The van der Waals surface area contributed by atoms with E-state index in [4.69, 9.17) is 10.5 Å². The molecule has 1 saturated heterocycles. The highest BCUT2D eigenvalue weighted by molar-refractivity contribution is 5.85. The van der Waals surface area contributed by atoms with Crippen molar-refractivity contribution in [1.82, 2.24) is 5.32 Å². The lowest BCUT2D eigenvalue weighted by Crippen LogP contribution is -2.67. The van der Waals surface area contributed by atoms with Crippen LogP contribution in [-0.2, 0) is 9.53 Å². The van der Waals surface area contributed by atoms with Gasteiger partial charge in [-0.3, -0.25) is 4.79 Å². The number of amides is 1. The summed E-state index contributed by atoms with van der Waals surface area (Å²) in [6, 6.07) is 0.362. The fourth-order valence-corrected chi connectivity index (χ4v) is 5.59. The Balaban J connectivity index is 0.00000132. The van der Waals surface area contributed by atoms with Gasteiger partial charge >= 0.3 is 0 Å². The largest absolute Gasteiger partial charge is 0.377 e. The average molecular weight is 315 g/mol. The summed E-state index contributed by atoms with van der Waals surface area (Å²) < 4.78 is 5.80. The first-order chi connectivity index (χ1) is 9.50. The third kappa shape index (κ3) is 2.06. The molecule has 0 aromatic rings. The zero-order valence-electron chi connectivity index (χ0n) is 12.9. The van der Waals surface area contributed by atoms with Crippen LogP contribution in [0.1, 0.15) is 39.5 Å². The number of hydrogen-bond donors (Lipinski definition) is 2. The van der Waals surface area contributed by atoms with Crippen molar-refractivity contribution < 1.29 is 9.53 Å². The summed E-state index contributed by atoms with van der Waals surface area (Å²) >= 11 is 0. The summed E-state index contributed by atoms with van der Waals surface area (Å²) in [4.78, 5) is 12.7. The molecule has 3 aliphatic carbocycles. The predicted molar refractivity (Wildman–Crippen MR) is 83.1 cm³/mol. The number of nitrogens with two attached hydrogens (primary N) is 1. The molecule has 7 unspecified atom stereocenters. The van der Waals surface area contributed by atoms with Crippen LogP contribution in [0.5, 0.6) is 0 Å². The Kier molecular flexibility index (Phi) is 3.78. The Morgan fingerprint density at radius 2 is 1.95 bits per heavy atom. The van der Waals surface area contributed by atoms with E-state index in [1.54, 1.807) is 0 Å². The normalized spacial score (nSPS) is 49.2. The van der Waals surface area contributed by atoms with E-state index in [0.717, 1.165) is 13.0 Å². The van der Waals surface area contributed by atoms with E-state index in [1.165, 1.54) is 19.3 Å². The number of nitrogens with one attached hydrogen (secondary N) is 1. The quantitative estimate of drug-likeness (QED) is 0.815. The monoisotopic (exact) mass is 314 g/mol. The minimum atomic E-state index is 0. The Labute approximate surface area is 133 Å². The van der Waals surface area contributed by atoms with Gasteiger partial charge in [-0.1, -0.05) is 13.8 Å². The Bertz CT molecular complexity index is 440. The van der Waals surface area contributed by atoms with Gasteiger partial charge in [-0.15, -0.1) is 12.4 Å². The van der Waals surface area contributed by atoms with E-state index < -0.39 is 0 Å². The van der Waals surface area contributed by atoms with Gasteiger partial charge in [0.1, 0.15) is 0 Å². The molecule has 21 heavy (non-hydrogen) atoms. The van der Waals surface area contributed by atoms with Crippen molar-refractivity contribution in [2.45, 2.75) is 57.7 Å². The van der Waals surface area contributed by atoms with Gasteiger partial charge in [0.15, 0.2) is 0 Å². The maximum atomic E-state index is 12.7. The van der Waals surface area contributed by atoms with Crippen LogP contribution in [0.25, 0.3) is 0 Å². The van der Waals surface area contributed by atoms with Gasteiger partial charge < -0.3 is 15.8 Å². The molecule has 2 bridgehead atoms. The number of carbonyl (C=O) groups is 1. The molecule has 4 rings (SSSR count). The third-order valence-electron chi connectivity index (χ3n) is 6.68. The maximum Gasteiger partial charge on any atom is 0.225 e. The molecule has 5 heteroatoms. The Hall–Kier alpha value is -0.320. The van der Waals surface area contributed by atoms with Gasteiger partial charge in [-0.2, -0.15) is 0 Å². The second-order valence-corrected chi connectivity index (χ2v) is 7.99. The second kappa shape index (κ2) is 5.10. The fraction of sp³-hybridized carbons (Fsp3) is 0.938. The van der Waals surface area contributed by atoms with E-state index in [2.05, 4.69) is 19.2 Å². The highest BCUT2D eigenvalue weighted by atomic mass is 35.5. The van der Waals surface area contributed by atoms with E-state index >= 15 is 0 Å². The third-order valence-corrected chi connectivity index (χ3v) is 6.68. The van der Waals surface area contributed by atoms with Crippen molar-refractivity contribution in [3.05, 3.63) is 0 Å². The molecule has 0 spiro atoms. The van der Waals surface area contributed by atoms with Gasteiger partial charge in [0.2, 0.25) is 5.91 Å². The summed E-state index contributed by atoms with van der Waals surface area (Å²) in [5, 5.41) is 3.34. The van der Waals surface area contributed by atoms with Crippen molar-refractivity contribution in [3.8, 4) is 0 Å². The Morgan fingerprint density at radius 3 is 2.62 bits per heavy atom. The fourth-order valence-electron chi connectivity index (χ4n) is 5.59. The average Bonchev–Trinajstić information content (AvgIpc) is 3.09. The minimum absolute atomic E-state index is 0. The number of ether oxygens (including phenoxy) is 1. The Morgan fingerprint density at radius 1 is 1.24 bits per heavy atom. The van der Waals surface area contributed by atoms with Crippen LogP contribution in [0, 0.1) is 29.1 Å². The highest BCUT2D eigenvalue weighted by Gasteiger charge is 2.60. The molecular weight excluding hydrogens is 288 g/mol. The van der Waals surface area contributed by atoms with Crippen molar-refractivity contribution in [1.29, 1.82) is 0 Å². The number of halogens is 1. The van der Waals surface area contributed by atoms with Crippen LogP contribution in [0.4, 0.5) is 0 Å². The molecule has 1 amide bonds. The van der Waals surface area contributed by atoms with Crippen molar-refractivity contribution in [3.63, 3.8) is 0 Å². The lowest BCUT2D eigenvalue weighted by Gasteiger charge is -2.55. The van der Waals surface area contributed by atoms with Gasteiger partial charge in [0, 0.05) is 30.0 Å². The standard InChI is InChI=1S/C16H26N2O2.ClH/c1-16(2)13(10-5-6-20-14(10)16)18-15(19)11-8-3-4-9(7-8)12(11)17;/h8-14H,3-7,17H2,1-2H3,(H,18,19);1H. The summed E-state index contributed by atoms with van der Waals surface area (Å²) in [7, 11) is 0. The summed E-state index contributed by atoms with van der Waals surface area (Å²) in [6.45, 7) is 5.27. The molecule has 1 heterocycles. The molecule has 4 nitrogen and oxygen atoms in total. The number of rotatable bonds is 2. The molecule has 4 fully saturated rings. The molecule has 0 radical (unpaired) electrons. The maximum absolute atomic E-state index is 12.7. The highest BCUT2D eigenvalue weighted by Crippen LogP contribution is 2.53. The van der Waals surface area contributed by atoms with Crippen molar-refractivity contribution in [2.75, 3.05) is 6.61 Å². The predicted octanol–water partition coefficient (Wildman–Crippen LogP) is 1.71. The van der Waals surface area contributed by atoms with Crippen molar-refractivity contribution >= 4 is 18.3 Å². The molecule has 0 aromatic carbocycles. The summed E-state index contributed by atoms with van der Waals surface area (Å²) in [5.74, 6) is 1.92. The van der Waals surface area contributed by atoms with E-state index in [-0.39, 0.29) is 41.7 Å². The van der Waals surface area contributed by atoms with E-state index in [9.17, 15) is 4.79 Å². The molecule has 3 N–H and O–H groups in total. The minimum Gasteiger partial charge on any atom is -0.377 e. The molecule has 120 valence electrons. The van der Waals surface area contributed by atoms with E-state index in [1.807, 2.05) is 0 Å². The lowest BCUT2D eigenvalue weighted by molar-refractivity contribution is -0.142. The topological polar surface area (TPSA) is 64.4 Å². The molecule has 4 aliphatic rings. The zero-order valence-corrected chi connectivity index (χ0v) is 13.7. The van der Waals surface area contributed by atoms with Crippen LogP contribution < -0.4 is 11.1 Å². The smallest absolute Gasteiger partial charge is 0.225 e. The summed E-state index contributed by atoms with van der Waals surface area (Å²) in [5.41, 5.74) is 6.36.